The second kappa shape index (κ2) is 14.6. The molecular formula is C35H39N3O4S. The molecule has 0 aliphatic rings. The molecule has 2 amide bonds. The monoisotopic (exact) mass is 597 g/mol. The molecule has 4 aromatic carbocycles. The van der Waals surface area contributed by atoms with Crippen LogP contribution in [-0.2, 0) is 32.6 Å². The van der Waals surface area contributed by atoms with E-state index in [-0.39, 0.29) is 23.8 Å². The molecule has 0 aliphatic carbocycles. The standard InChI is InChI=1S/C35H39N3O4S/c1-4-21-36-35(40)33(24-29-15-7-5-8-16-29)37(25-30-17-11-13-27(2)22-30)34(39)26-38(31-18-12-14-28(3)23-31)43(41,42)32-19-9-6-10-20-32/h5-20,22-23,33H,4,21,24-26H2,1-3H3,(H,36,40)/t33-/m0/s1. The van der Waals surface area contributed by atoms with Crippen molar-refractivity contribution in [3.8, 4) is 0 Å². The van der Waals surface area contributed by atoms with Crippen LogP contribution in [0.1, 0.15) is 35.6 Å². The highest BCUT2D eigenvalue weighted by Gasteiger charge is 2.34. The number of amides is 2. The van der Waals surface area contributed by atoms with Gasteiger partial charge in [0.2, 0.25) is 11.8 Å². The van der Waals surface area contributed by atoms with Gasteiger partial charge in [0.1, 0.15) is 12.6 Å². The Bertz CT molecular complexity index is 1630. The summed E-state index contributed by atoms with van der Waals surface area (Å²) in [6.45, 7) is 5.95. The first kappa shape index (κ1) is 31.5. The van der Waals surface area contributed by atoms with Gasteiger partial charge in [-0.1, -0.05) is 97.4 Å². The van der Waals surface area contributed by atoms with Gasteiger partial charge in [0, 0.05) is 19.5 Å². The third-order valence-electron chi connectivity index (χ3n) is 7.16. The maximum absolute atomic E-state index is 14.4. The minimum Gasteiger partial charge on any atom is -0.354 e. The Morgan fingerprint density at radius 3 is 2.00 bits per heavy atom. The van der Waals surface area contributed by atoms with E-state index < -0.39 is 28.5 Å². The fourth-order valence-corrected chi connectivity index (χ4v) is 6.39. The Kier molecular flexibility index (Phi) is 10.7. The van der Waals surface area contributed by atoms with Crippen LogP contribution in [0.5, 0.6) is 0 Å². The SMILES string of the molecule is CCCNC(=O)[C@H](Cc1ccccc1)N(Cc1cccc(C)c1)C(=O)CN(c1cccc(C)c1)S(=O)(=O)c1ccccc1. The Balaban J connectivity index is 1.79. The first-order valence-corrected chi connectivity index (χ1v) is 15.9. The van der Waals surface area contributed by atoms with Gasteiger partial charge in [-0.3, -0.25) is 13.9 Å². The van der Waals surface area contributed by atoms with Gasteiger partial charge in [-0.25, -0.2) is 8.42 Å². The van der Waals surface area contributed by atoms with Crippen molar-refractivity contribution in [1.29, 1.82) is 0 Å². The second-order valence-electron chi connectivity index (χ2n) is 10.7. The van der Waals surface area contributed by atoms with E-state index in [0.717, 1.165) is 33.0 Å². The third-order valence-corrected chi connectivity index (χ3v) is 8.94. The molecule has 7 nitrogen and oxygen atoms in total. The van der Waals surface area contributed by atoms with Crippen LogP contribution in [0.2, 0.25) is 0 Å². The zero-order valence-corrected chi connectivity index (χ0v) is 25.8. The van der Waals surface area contributed by atoms with Gasteiger partial charge in [0.25, 0.3) is 10.0 Å². The van der Waals surface area contributed by atoms with Crippen LogP contribution >= 0.6 is 0 Å². The molecule has 0 aliphatic heterocycles. The molecule has 0 heterocycles. The molecule has 0 radical (unpaired) electrons. The number of hydrogen-bond donors (Lipinski definition) is 1. The lowest BCUT2D eigenvalue weighted by atomic mass is 10.0. The Labute approximate surface area is 255 Å². The topological polar surface area (TPSA) is 86.8 Å². The number of carbonyl (C=O) groups excluding carboxylic acids is 2. The predicted molar refractivity (Wildman–Crippen MR) is 171 cm³/mol. The molecule has 0 fully saturated rings. The number of nitrogens with one attached hydrogen (secondary N) is 1. The highest BCUT2D eigenvalue weighted by molar-refractivity contribution is 7.92. The van der Waals surface area contributed by atoms with Crippen molar-refractivity contribution in [2.75, 3.05) is 17.4 Å². The lowest BCUT2D eigenvalue weighted by Gasteiger charge is -2.34. The van der Waals surface area contributed by atoms with Crippen molar-refractivity contribution in [3.63, 3.8) is 0 Å². The average molecular weight is 598 g/mol. The van der Waals surface area contributed by atoms with E-state index in [1.54, 1.807) is 36.4 Å². The minimum atomic E-state index is -4.11. The van der Waals surface area contributed by atoms with Crippen LogP contribution in [0, 0.1) is 13.8 Å². The maximum Gasteiger partial charge on any atom is 0.264 e. The Morgan fingerprint density at radius 1 is 0.767 bits per heavy atom. The maximum atomic E-state index is 14.4. The number of aryl methyl sites for hydroxylation is 2. The molecule has 0 saturated carbocycles. The summed E-state index contributed by atoms with van der Waals surface area (Å²) >= 11 is 0. The van der Waals surface area contributed by atoms with Crippen LogP contribution in [0.4, 0.5) is 5.69 Å². The van der Waals surface area contributed by atoms with Crippen LogP contribution in [-0.4, -0.2) is 44.3 Å². The molecule has 0 saturated heterocycles. The Morgan fingerprint density at radius 2 is 1.37 bits per heavy atom. The number of hydrogen-bond acceptors (Lipinski definition) is 4. The fourth-order valence-electron chi connectivity index (χ4n) is 4.96. The molecular weight excluding hydrogens is 558 g/mol. The van der Waals surface area contributed by atoms with E-state index in [9.17, 15) is 18.0 Å². The van der Waals surface area contributed by atoms with Gasteiger partial charge < -0.3 is 10.2 Å². The average Bonchev–Trinajstić information content (AvgIpc) is 3.01. The number of anilines is 1. The highest BCUT2D eigenvalue weighted by atomic mass is 32.2. The minimum absolute atomic E-state index is 0.0797. The van der Waals surface area contributed by atoms with Crippen LogP contribution in [0.15, 0.2) is 114 Å². The zero-order valence-electron chi connectivity index (χ0n) is 24.9. The van der Waals surface area contributed by atoms with Gasteiger partial charge in [-0.2, -0.15) is 0 Å². The van der Waals surface area contributed by atoms with E-state index >= 15 is 0 Å². The summed E-state index contributed by atoms with van der Waals surface area (Å²) in [6, 6.07) is 31.6. The zero-order chi connectivity index (χ0) is 30.8. The highest BCUT2D eigenvalue weighted by Crippen LogP contribution is 2.26. The lowest BCUT2D eigenvalue weighted by molar-refractivity contribution is -0.140. The van der Waals surface area contributed by atoms with Crippen LogP contribution < -0.4 is 9.62 Å². The molecule has 0 aromatic heterocycles. The molecule has 224 valence electrons. The largest absolute Gasteiger partial charge is 0.354 e. The molecule has 1 atom stereocenters. The second-order valence-corrected chi connectivity index (χ2v) is 12.5. The van der Waals surface area contributed by atoms with Crippen LogP contribution in [0.3, 0.4) is 0 Å². The Hall–Kier alpha value is -4.43. The number of carbonyl (C=O) groups is 2. The van der Waals surface area contributed by atoms with Gasteiger partial charge >= 0.3 is 0 Å². The molecule has 0 unspecified atom stereocenters. The van der Waals surface area contributed by atoms with Crippen molar-refractivity contribution >= 4 is 27.5 Å². The van der Waals surface area contributed by atoms with Crippen molar-refractivity contribution < 1.29 is 18.0 Å². The molecule has 43 heavy (non-hydrogen) atoms. The molecule has 4 rings (SSSR count). The molecule has 0 spiro atoms. The molecule has 1 N–H and O–H groups in total. The summed E-state index contributed by atoms with van der Waals surface area (Å²) in [6.07, 6.45) is 1.02. The number of nitrogens with zero attached hydrogens (tertiary/aromatic N) is 2. The number of sulfonamides is 1. The van der Waals surface area contributed by atoms with Crippen molar-refractivity contribution in [2.45, 2.75) is 51.1 Å². The predicted octanol–water partition coefficient (Wildman–Crippen LogP) is 5.67. The van der Waals surface area contributed by atoms with Crippen molar-refractivity contribution in [2.24, 2.45) is 0 Å². The summed E-state index contributed by atoms with van der Waals surface area (Å²) < 4.78 is 29.2. The molecule has 0 bridgehead atoms. The lowest BCUT2D eigenvalue weighted by Crippen LogP contribution is -2.53. The van der Waals surface area contributed by atoms with E-state index in [1.165, 1.54) is 17.0 Å². The van der Waals surface area contributed by atoms with Crippen LogP contribution in [0.25, 0.3) is 0 Å². The van der Waals surface area contributed by atoms with Gasteiger partial charge in [-0.05, 0) is 61.2 Å². The van der Waals surface area contributed by atoms with Gasteiger partial charge in [-0.15, -0.1) is 0 Å². The summed E-state index contributed by atoms with van der Waals surface area (Å²) in [5.41, 5.74) is 4.00. The summed E-state index contributed by atoms with van der Waals surface area (Å²) in [4.78, 5) is 29.7. The van der Waals surface area contributed by atoms with E-state index in [1.807, 2.05) is 81.4 Å². The molecule has 4 aromatic rings. The smallest absolute Gasteiger partial charge is 0.264 e. The summed E-state index contributed by atoms with van der Waals surface area (Å²) in [5.74, 6) is -0.755. The van der Waals surface area contributed by atoms with E-state index in [0.29, 0.717) is 12.2 Å². The quantitative estimate of drug-likeness (QED) is 0.215. The van der Waals surface area contributed by atoms with E-state index in [2.05, 4.69) is 5.32 Å². The fraction of sp³-hybridized carbons (Fsp3) is 0.257. The van der Waals surface area contributed by atoms with Gasteiger partial charge in [0.15, 0.2) is 0 Å². The molecule has 8 heteroatoms. The first-order chi connectivity index (χ1) is 20.7. The first-order valence-electron chi connectivity index (χ1n) is 14.5. The number of benzene rings is 4. The van der Waals surface area contributed by atoms with E-state index in [4.69, 9.17) is 0 Å². The number of rotatable bonds is 13. The van der Waals surface area contributed by atoms with Crippen molar-refractivity contribution in [1.82, 2.24) is 10.2 Å². The normalized spacial score (nSPS) is 11.9. The third kappa shape index (κ3) is 8.32. The van der Waals surface area contributed by atoms with Crippen molar-refractivity contribution in [3.05, 3.63) is 131 Å². The summed E-state index contributed by atoms with van der Waals surface area (Å²) in [7, 11) is -4.11. The van der Waals surface area contributed by atoms with Gasteiger partial charge in [0.05, 0.1) is 10.6 Å². The summed E-state index contributed by atoms with van der Waals surface area (Å²) in [5, 5.41) is 2.97.